The first-order valence-corrected chi connectivity index (χ1v) is 9.58. The number of hydrogen-bond donors (Lipinski definition) is 2. The molecule has 0 spiro atoms. The van der Waals surface area contributed by atoms with Crippen LogP contribution in [0.15, 0.2) is 27.8 Å². The monoisotopic (exact) mass is 330 g/mol. The topological polar surface area (TPSA) is 58.2 Å². The number of hydrogen-bond acceptors (Lipinski definition) is 5. The van der Waals surface area contributed by atoms with E-state index in [1.165, 1.54) is 16.9 Å². The third kappa shape index (κ3) is 3.48. The van der Waals surface area contributed by atoms with Crippen LogP contribution in [0.25, 0.3) is 0 Å². The van der Waals surface area contributed by atoms with Crippen LogP contribution in [0.1, 0.15) is 22.2 Å². The zero-order chi connectivity index (χ0) is 14.6. The Bertz CT molecular complexity index is 659. The van der Waals surface area contributed by atoms with Gasteiger partial charge in [-0.2, -0.15) is 0 Å². The van der Waals surface area contributed by atoms with Crippen LogP contribution in [-0.2, 0) is 29.5 Å². The minimum Gasteiger partial charge on any atom is -0.315 e. The van der Waals surface area contributed by atoms with Crippen LogP contribution in [0.4, 0.5) is 0 Å². The maximum atomic E-state index is 12.4. The molecule has 0 aliphatic carbocycles. The van der Waals surface area contributed by atoms with Crippen LogP contribution < -0.4 is 10.0 Å². The fraction of sp³-hybridized carbons (Fsp3) is 0.385. The van der Waals surface area contributed by atoms with Crippen molar-refractivity contribution in [3.63, 3.8) is 0 Å². The van der Waals surface area contributed by atoms with Crippen LogP contribution >= 0.6 is 22.7 Å². The Hall–Kier alpha value is -0.730. The molecule has 7 heteroatoms. The van der Waals surface area contributed by atoms with E-state index in [1.54, 1.807) is 17.4 Å². The van der Waals surface area contributed by atoms with Gasteiger partial charge in [0, 0.05) is 22.8 Å². The number of thiophene rings is 2. The van der Waals surface area contributed by atoms with Crippen molar-refractivity contribution in [1.29, 1.82) is 0 Å². The molecule has 0 saturated heterocycles. The molecule has 2 rings (SSSR count). The predicted octanol–water partition coefficient (Wildman–Crippen LogP) is 2.57. The van der Waals surface area contributed by atoms with Gasteiger partial charge in [-0.05, 0) is 41.9 Å². The fourth-order valence-electron chi connectivity index (χ4n) is 1.93. The normalized spacial score (nSPS) is 11.9. The standard InChI is InChI=1S/C13H18N2O2S3/c1-3-10-4-6-18-11(10)9-15-20(16,17)13-5-7-19-12(13)8-14-2/h4-7,14-15H,3,8-9H2,1-2H3. The molecule has 0 bridgehead atoms. The lowest BCUT2D eigenvalue weighted by Gasteiger charge is -2.08. The molecule has 20 heavy (non-hydrogen) atoms. The first kappa shape index (κ1) is 15.7. The summed E-state index contributed by atoms with van der Waals surface area (Å²) < 4.78 is 27.4. The maximum Gasteiger partial charge on any atom is 0.242 e. The lowest BCUT2D eigenvalue weighted by atomic mass is 10.2. The van der Waals surface area contributed by atoms with Gasteiger partial charge in [-0.3, -0.25) is 0 Å². The van der Waals surface area contributed by atoms with Gasteiger partial charge < -0.3 is 5.32 Å². The van der Waals surface area contributed by atoms with E-state index in [1.807, 2.05) is 23.9 Å². The lowest BCUT2D eigenvalue weighted by molar-refractivity contribution is 0.580. The van der Waals surface area contributed by atoms with Crippen molar-refractivity contribution >= 4 is 32.7 Å². The van der Waals surface area contributed by atoms with E-state index in [9.17, 15) is 8.42 Å². The summed E-state index contributed by atoms with van der Waals surface area (Å²) in [5.41, 5.74) is 1.21. The molecule has 0 aliphatic heterocycles. The molecule has 2 heterocycles. The highest BCUT2D eigenvalue weighted by Gasteiger charge is 2.19. The first-order valence-electron chi connectivity index (χ1n) is 6.34. The smallest absolute Gasteiger partial charge is 0.242 e. The van der Waals surface area contributed by atoms with Crippen LogP contribution in [0.5, 0.6) is 0 Å². The van der Waals surface area contributed by atoms with E-state index in [2.05, 4.69) is 17.0 Å². The quantitative estimate of drug-likeness (QED) is 0.820. The maximum absolute atomic E-state index is 12.4. The minimum atomic E-state index is -3.44. The first-order chi connectivity index (χ1) is 9.58. The Morgan fingerprint density at radius 3 is 2.50 bits per heavy atom. The average Bonchev–Trinajstić information content (AvgIpc) is 3.05. The summed E-state index contributed by atoms with van der Waals surface area (Å²) in [6.07, 6.45) is 0.921. The van der Waals surface area contributed by atoms with Crippen LogP contribution in [0.2, 0.25) is 0 Å². The fourth-order valence-corrected chi connectivity index (χ4v) is 5.39. The summed E-state index contributed by atoms with van der Waals surface area (Å²) in [4.78, 5) is 2.30. The van der Waals surface area contributed by atoms with Crippen LogP contribution in [0.3, 0.4) is 0 Å². The molecule has 0 atom stereocenters. The second kappa shape index (κ2) is 6.82. The van der Waals surface area contributed by atoms with Gasteiger partial charge in [0.2, 0.25) is 10.0 Å². The van der Waals surface area contributed by atoms with Gasteiger partial charge in [-0.15, -0.1) is 22.7 Å². The summed E-state index contributed by atoms with van der Waals surface area (Å²) in [5, 5.41) is 6.80. The SMILES string of the molecule is CCc1ccsc1CNS(=O)(=O)c1ccsc1CNC. The van der Waals surface area contributed by atoms with Crippen LogP contribution in [0, 0.1) is 0 Å². The number of rotatable bonds is 7. The van der Waals surface area contributed by atoms with Crippen molar-refractivity contribution in [2.45, 2.75) is 31.3 Å². The van der Waals surface area contributed by atoms with Crippen molar-refractivity contribution < 1.29 is 8.42 Å². The van der Waals surface area contributed by atoms with E-state index < -0.39 is 10.0 Å². The Morgan fingerprint density at radius 1 is 1.10 bits per heavy atom. The van der Waals surface area contributed by atoms with Gasteiger partial charge in [0.15, 0.2) is 0 Å². The molecule has 2 aromatic heterocycles. The number of aryl methyl sites for hydroxylation is 1. The minimum absolute atomic E-state index is 0.359. The summed E-state index contributed by atoms with van der Waals surface area (Å²) in [6.45, 7) is 3.00. The highest BCUT2D eigenvalue weighted by molar-refractivity contribution is 7.89. The van der Waals surface area contributed by atoms with Crippen molar-refractivity contribution in [2.75, 3.05) is 7.05 Å². The van der Waals surface area contributed by atoms with E-state index in [4.69, 9.17) is 0 Å². The zero-order valence-corrected chi connectivity index (χ0v) is 13.9. The predicted molar refractivity (Wildman–Crippen MR) is 84.8 cm³/mol. The Labute approximate surface area is 127 Å². The van der Waals surface area contributed by atoms with Crippen LogP contribution in [-0.4, -0.2) is 15.5 Å². The van der Waals surface area contributed by atoms with E-state index in [0.29, 0.717) is 18.0 Å². The number of sulfonamides is 1. The average molecular weight is 331 g/mol. The molecule has 0 saturated carbocycles. The molecule has 0 amide bonds. The Kier molecular flexibility index (Phi) is 5.34. The van der Waals surface area contributed by atoms with Crippen molar-refractivity contribution in [3.05, 3.63) is 38.2 Å². The summed E-state index contributed by atoms with van der Waals surface area (Å²) >= 11 is 3.04. The number of nitrogens with one attached hydrogen (secondary N) is 2. The van der Waals surface area contributed by atoms with Gasteiger partial charge in [0.1, 0.15) is 0 Å². The van der Waals surface area contributed by atoms with Crippen molar-refractivity contribution in [2.24, 2.45) is 0 Å². The third-order valence-electron chi connectivity index (χ3n) is 2.97. The molecule has 0 radical (unpaired) electrons. The molecule has 0 fully saturated rings. The van der Waals surface area contributed by atoms with Crippen molar-refractivity contribution in [3.8, 4) is 0 Å². The Morgan fingerprint density at radius 2 is 1.80 bits per heavy atom. The lowest BCUT2D eigenvalue weighted by Crippen LogP contribution is -2.24. The van der Waals surface area contributed by atoms with Crippen molar-refractivity contribution in [1.82, 2.24) is 10.0 Å². The molecular weight excluding hydrogens is 312 g/mol. The molecule has 0 aliphatic rings. The summed E-state index contributed by atoms with van der Waals surface area (Å²) in [5.74, 6) is 0. The van der Waals surface area contributed by atoms with Gasteiger partial charge in [0.05, 0.1) is 4.90 Å². The highest BCUT2D eigenvalue weighted by atomic mass is 32.2. The van der Waals surface area contributed by atoms with E-state index >= 15 is 0 Å². The molecular formula is C13H18N2O2S3. The summed E-state index contributed by atoms with van der Waals surface area (Å²) in [6, 6.07) is 3.71. The van der Waals surface area contributed by atoms with Gasteiger partial charge >= 0.3 is 0 Å². The molecule has 4 nitrogen and oxygen atoms in total. The third-order valence-corrected chi connectivity index (χ3v) is 6.47. The second-order valence-electron chi connectivity index (χ2n) is 4.29. The van der Waals surface area contributed by atoms with E-state index in [0.717, 1.165) is 16.2 Å². The molecule has 110 valence electrons. The molecule has 0 aromatic carbocycles. The van der Waals surface area contributed by atoms with Gasteiger partial charge in [-0.1, -0.05) is 6.92 Å². The van der Waals surface area contributed by atoms with E-state index in [-0.39, 0.29) is 0 Å². The Balaban J connectivity index is 2.13. The molecule has 0 unspecified atom stereocenters. The largest absolute Gasteiger partial charge is 0.315 e. The highest BCUT2D eigenvalue weighted by Crippen LogP contribution is 2.23. The molecule has 2 N–H and O–H groups in total. The van der Waals surface area contributed by atoms with Gasteiger partial charge in [0.25, 0.3) is 0 Å². The van der Waals surface area contributed by atoms with Gasteiger partial charge in [-0.25, -0.2) is 13.1 Å². The zero-order valence-electron chi connectivity index (χ0n) is 11.5. The molecule has 2 aromatic rings. The summed E-state index contributed by atoms with van der Waals surface area (Å²) in [7, 11) is -1.64. The second-order valence-corrected chi connectivity index (χ2v) is 8.02.